The smallest absolute Gasteiger partial charge is 0.303 e. The molecule has 0 amide bonds. The van der Waals surface area contributed by atoms with Gasteiger partial charge in [0.15, 0.2) is 5.71 Å². The van der Waals surface area contributed by atoms with Gasteiger partial charge in [-0.05, 0) is 38.8 Å². The molecule has 0 saturated heterocycles. The molecule has 2 N–H and O–H groups in total. The third-order valence-electron chi connectivity index (χ3n) is 4.67. The SMILES string of the molecule is CC1=[N+](CCCCCC(=O)O)c2ccc(SOOO)cc2C1(C)C. The van der Waals surface area contributed by atoms with Gasteiger partial charge in [-0.15, -0.1) is 4.33 Å². The van der Waals surface area contributed by atoms with Crippen LogP contribution in [-0.2, 0) is 19.6 Å². The molecule has 7 heteroatoms. The summed E-state index contributed by atoms with van der Waals surface area (Å²) in [6.07, 6.45) is 2.81. The monoisotopic (exact) mass is 354 g/mol. The molecule has 0 spiro atoms. The lowest BCUT2D eigenvalue weighted by molar-refractivity contribution is -0.439. The average molecular weight is 354 g/mol. The topological polar surface area (TPSA) is 79.0 Å². The van der Waals surface area contributed by atoms with Gasteiger partial charge in [-0.2, -0.15) is 4.58 Å². The number of nitrogens with zero attached hydrogens (tertiary/aromatic N) is 1. The molecule has 0 bridgehead atoms. The predicted octanol–water partition coefficient (Wildman–Crippen LogP) is 4.16. The van der Waals surface area contributed by atoms with Crippen LogP contribution in [-0.4, -0.2) is 33.2 Å². The summed E-state index contributed by atoms with van der Waals surface area (Å²) in [4.78, 5) is 11.4. The fourth-order valence-electron chi connectivity index (χ4n) is 3.08. The minimum atomic E-state index is -0.732. The van der Waals surface area contributed by atoms with E-state index in [1.807, 2.05) is 18.2 Å². The second-order valence-electron chi connectivity index (χ2n) is 6.47. The third-order valence-corrected chi connectivity index (χ3v) is 5.25. The molecule has 0 unspecified atom stereocenters. The first kappa shape index (κ1) is 18.9. The van der Waals surface area contributed by atoms with E-state index >= 15 is 0 Å². The number of carboxylic acids is 1. The molecule has 1 heterocycles. The molecule has 0 atom stereocenters. The van der Waals surface area contributed by atoms with E-state index in [2.05, 4.69) is 34.7 Å². The fraction of sp³-hybridized carbons (Fsp3) is 0.529. The van der Waals surface area contributed by atoms with E-state index in [0.717, 1.165) is 36.3 Å². The molecule has 0 aliphatic carbocycles. The fourth-order valence-corrected chi connectivity index (χ4v) is 3.48. The molecular weight excluding hydrogens is 330 g/mol. The molecule has 0 fully saturated rings. The molecule has 0 aromatic heterocycles. The van der Waals surface area contributed by atoms with Gasteiger partial charge < -0.3 is 5.11 Å². The Hall–Kier alpha value is -1.41. The first-order valence-corrected chi connectivity index (χ1v) is 8.74. The molecule has 0 saturated carbocycles. The van der Waals surface area contributed by atoms with Crippen molar-refractivity contribution in [2.75, 3.05) is 6.54 Å². The van der Waals surface area contributed by atoms with Gasteiger partial charge in [0.05, 0.1) is 17.5 Å². The Bertz CT molecular complexity index is 642. The minimum Gasteiger partial charge on any atom is -0.481 e. The first-order chi connectivity index (χ1) is 11.4. The zero-order valence-corrected chi connectivity index (χ0v) is 15.1. The molecule has 1 aromatic carbocycles. The standard InChI is InChI=1S/C17H23NO5S/c1-12-17(2,3)14-11-13(24-23-22-21)8-9-15(14)18(12)10-6-4-5-7-16(19)20/h8-9,11H,4-7,10H2,1-3H3,(H-,19,20,21)/p+1. The van der Waals surface area contributed by atoms with Crippen LogP contribution in [0.2, 0.25) is 0 Å². The summed E-state index contributed by atoms with van der Waals surface area (Å²) in [5.41, 5.74) is 3.56. The highest BCUT2D eigenvalue weighted by Gasteiger charge is 2.42. The van der Waals surface area contributed by atoms with Crippen molar-refractivity contribution in [3.63, 3.8) is 0 Å². The van der Waals surface area contributed by atoms with Crippen LogP contribution in [0.3, 0.4) is 0 Å². The minimum absolute atomic E-state index is 0.0902. The number of fused-ring (bicyclic) bond motifs is 1. The van der Waals surface area contributed by atoms with E-state index in [9.17, 15) is 4.79 Å². The highest BCUT2D eigenvalue weighted by molar-refractivity contribution is 7.94. The quantitative estimate of drug-likeness (QED) is 0.228. The number of carboxylic acid groups (broad SMARTS) is 1. The molecule has 6 nitrogen and oxygen atoms in total. The predicted molar refractivity (Wildman–Crippen MR) is 91.7 cm³/mol. The Morgan fingerprint density at radius 2 is 2.04 bits per heavy atom. The van der Waals surface area contributed by atoms with Crippen molar-refractivity contribution in [2.45, 2.75) is 56.8 Å². The van der Waals surface area contributed by atoms with Gasteiger partial charge in [-0.3, -0.25) is 4.79 Å². The van der Waals surface area contributed by atoms with Crippen molar-refractivity contribution >= 4 is 29.4 Å². The van der Waals surface area contributed by atoms with Crippen molar-refractivity contribution in [1.29, 1.82) is 0 Å². The third kappa shape index (κ3) is 4.16. The number of hydrogen-bond donors (Lipinski definition) is 2. The molecule has 1 aliphatic rings. The van der Waals surface area contributed by atoms with Gasteiger partial charge in [-0.25, -0.2) is 5.26 Å². The van der Waals surface area contributed by atoms with Crippen molar-refractivity contribution in [1.82, 2.24) is 0 Å². The highest BCUT2D eigenvalue weighted by atomic mass is 32.2. The van der Waals surface area contributed by atoms with Gasteiger partial charge in [0.2, 0.25) is 5.69 Å². The molecular formula is C17H24NO5S+. The molecule has 0 radical (unpaired) electrons. The van der Waals surface area contributed by atoms with Crippen LogP contribution in [0.25, 0.3) is 0 Å². The maximum atomic E-state index is 10.6. The lowest BCUT2D eigenvalue weighted by Crippen LogP contribution is -2.26. The van der Waals surface area contributed by atoms with Crippen molar-refractivity contribution in [3.8, 4) is 0 Å². The Morgan fingerprint density at radius 3 is 2.71 bits per heavy atom. The number of rotatable bonds is 9. The van der Waals surface area contributed by atoms with Crippen LogP contribution < -0.4 is 0 Å². The Labute approximate surface area is 146 Å². The van der Waals surface area contributed by atoms with Gasteiger partial charge in [0.1, 0.15) is 6.54 Å². The average Bonchev–Trinajstić information content (AvgIpc) is 2.73. The maximum Gasteiger partial charge on any atom is 0.303 e. The maximum absolute atomic E-state index is 10.6. The summed E-state index contributed by atoms with van der Waals surface area (Å²) in [6.45, 7) is 7.38. The highest BCUT2D eigenvalue weighted by Crippen LogP contribution is 2.41. The normalized spacial score (nSPS) is 15.7. The summed E-state index contributed by atoms with van der Waals surface area (Å²) in [5.74, 6) is -0.732. The van der Waals surface area contributed by atoms with E-state index in [4.69, 9.17) is 10.4 Å². The van der Waals surface area contributed by atoms with E-state index in [1.165, 1.54) is 17.0 Å². The number of carbonyl (C=O) groups is 1. The summed E-state index contributed by atoms with van der Waals surface area (Å²) in [7, 11) is 0. The zero-order chi connectivity index (χ0) is 17.7. The van der Waals surface area contributed by atoms with E-state index in [-0.39, 0.29) is 11.8 Å². The summed E-state index contributed by atoms with van der Waals surface area (Å²) >= 11 is 0.961. The van der Waals surface area contributed by atoms with Gasteiger partial charge in [0, 0.05) is 36.3 Å². The largest absolute Gasteiger partial charge is 0.481 e. The molecule has 1 aliphatic heterocycles. The molecule has 1 aromatic rings. The number of benzene rings is 1. The van der Waals surface area contributed by atoms with E-state index in [0.29, 0.717) is 6.42 Å². The van der Waals surface area contributed by atoms with Crippen molar-refractivity contribution in [2.24, 2.45) is 0 Å². The summed E-state index contributed by atoms with van der Waals surface area (Å²) in [6, 6.07) is 6.02. The lowest BCUT2D eigenvalue weighted by Gasteiger charge is -2.15. The molecule has 24 heavy (non-hydrogen) atoms. The first-order valence-electron chi connectivity index (χ1n) is 8.00. The Balaban J connectivity index is 2.10. The lowest BCUT2D eigenvalue weighted by atomic mass is 9.82. The number of aliphatic carboxylic acids is 1. The zero-order valence-electron chi connectivity index (χ0n) is 14.2. The van der Waals surface area contributed by atoms with E-state index in [1.54, 1.807) is 0 Å². The van der Waals surface area contributed by atoms with Crippen LogP contribution in [0.4, 0.5) is 5.69 Å². The van der Waals surface area contributed by atoms with Crippen molar-refractivity contribution in [3.05, 3.63) is 23.8 Å². The second-order valence-corrected chi connectivity index (χ2v) is 7.25. The summed E-state index contributed by atoms with van der Waals surface area (Å²) in [5, 5.41) is 20.7. The van der Waals surface area contributed by atoms with Crippen LogP contribution in [0.15, 0.2) is 23.1 Å². The van der Waals surface area contributed by atoms with Crippen LogP contribution >= 0.6 is 12.0 Å². The van der Waals surface area contributed by atoms with Crippen LogP contribution in [0.5, 0.6) is 0 Å². The van der Waals surface area contributed by atoms with E-state index < -0.39 is 5.97 Å². The Kier molecular flexibility index (Phi) is 6.40. The van der Waals surface area contributed by atoms with Crippen LogP contribution in [0.1, 0.15) is 52.0 Å². The number of unbranched alkanes of at least 4 members (excludes halogenated alkanes) is 2. The summed E-state index contributed by atoms with van der Waals surface area (Å²) < 4.78 is 6.83. The van der Waals surface area contributed by atoms with Gasteiger partial charge >= 0.3 is 5.97 Å². The molecule has 2 rings (SSSR count). The van der Waals surface area contributed by atoms with Crippen molar-refractivity contribution < 1.29 is 29.1 Å². The number of hydrogen-bond acceptors (Lipinski definition) is 5. The molecule has 132 valence electrons. The second kappa shape index (κ2) is 8.11. The van der Waals surface area contributed by atoms with Gasteiger partial charge in [-0.1, -0.05) is 5.04 Å². The van der Waals surface area contributed by atoms with Gasteiger partial charge in [0.25, 0.3) is 0 Å². The Morgan fingerprint density at radius 1 is 1.29 bits per heavy atom. The van der Waals surface area contributed by atoms with Crippen LogP contribution in [0, 0.1) is 0 Å².